The van der Waals surface area contributed by atoms with Gasteiger partial charge in [0.2, 0.25) is 0 Å². The van der Waals surface area contributed by atoms with Crippen LogP contribution in [0.2, 0.25) is 5.02 Å². The number of ether oxygens (including phenoxy) is 1. The fourth-order valence-electron chi connectivity index (χ4n) is 2.32. The van der Waals surface area contributed by atoms with Crippen molar-refractivity contribution in [1.29, 1.82) is 0 Å². The van der Waals surface area contributed by atoms with Gasteiger partial charge < -0.3 is 9.30 Å². The van der Waals surface area contributed by atoms with Gasteiger partial charge in [0, 0.05) is 30.4 Å². The quantitative estimate of drug-likeness (QED) is 0.657. The van der Waals surface area contributed by atoms with Gasteiger partial charge in [0.05, 0.1) is 6.33 Å². The highest BCUT2D eigenvalue weighted by molar-refractivity contribution is 6.30. The fourth-order valence-corrected chi connectivity index (χ4v) is 2.45. The van der Waals surface area contributed by atoms with Gasteiger partial charge in [-0.25, -0.2) is 4.98 Å². The van der Waals surface area contributed by atoms with Crippen molar-refractivity contribution in [1.82, 2.24) is 9.55 Å². The molecular weight excluding hydrogens is 296 g/mol. The van der Waals surface area contributed by atoms with E-state index in [9.17, 15) is 0 Å². The van der Waals surface area contributed by atoms with Crippen molar-refractivity contribution in [3.63, 3.8) is 0 Å². The third-order valence-corrected chi connectivity index (χ3v) is 3.72. The summed E-state index contributed by atoms with van der Waals surface area (Å²) in [5.41, 5.74) is 1.16. The zero-order chi connectivity index (χ0) is 15.2. The molecule has 0 radical (unpaired) electrons. The lowest BCUT2D eigenvalue weighted by Crippen LogP contribution is -2.11. The van der Waals surface area contributed by atoms with Gasteiger partial charge in [-0.15, -0.1) is 0 Å². The molecule has 0 saturated carbocycles. The van der Waals surface area contributed by atoms with Gasteiger partial charge in [0.25, 0.3) is 0 Å². The lowest BCUT2D eigenvalue weighted by molar-refractivity contribution is 0.188. The summed E-state index contributed by atoms with van der Waals surface area (Å²) in [4.78, 5) is 4.07. The Morgan fingerprint density at radius 2 is 1.82 bits per heavy atom. The van der Waals surface area contributed by atoms with Crippen LogP contribution in [0, 0.1) is 0 Å². The number of benzene rings is 2. The summed E-state index contributed by atoms with van der Waals surface area (Å²) in [5, 5.41) is 0.710. The van der Waals surface area contributed by atoms with Crippen LogP contribution in [0.4, 0.5) is 0 Å². The maximum absolute atomic E-state index is 6.16. The highest BCUT2D eigenvalue weighted by atomic mass is 35.5. The second kappa shape index (κ2) is 7.14. The number of aryl methyl sites for hydroxylation is 1. The predicted octanol–water partition coefficient (Wildman–Crippen LogP) is 4.75. The van der Waals surface area contributed by atoms with Crippen molar-refractivity contribution in [2.24, 2.45) is 0 Å². The number of hydrogen-bond donors (Lipinski definition) is 0. The van der Waals surface area contributed by atoms with Crippen LogP contribution < -0.4 is 4.74 Å². The zero-order valence-electron chi connectivity index (χ0n) is 12.1. The molecule has 3 rings (SSSR count). The Balaban J connectivity index is 1.75. The molecule has 0 aliphatic heterocycles. The molecule has 112 valence electrons. The zero-order valence-corrected chi connectivity index (χ0v) is 12.9. The summed E-state index contributed by atoms with van der Waals surface area (Å²) in [5.74, 6) is 0.823. The van der Waals surface area contributed by atoms with Gasteiger partial charge >= 0.3 is 0 Å². The summed E-state index contributed by atoms with van der Waals surface area (Å²) < 4.78 is 8.22. The van der Waals surface area contributed by atoms with Gasteiger partial charge in [-0.3, -0.25) is 0 Å². The third-order valence-electron chi connectivity index (χ3n) is 3.47. The summed E-state index contributed by atoms with van der Waals surface area (Å²) in [6.45, 7) is 0.854. The van der Waals surface area contributed by atoms with E-state index in [0.29, 0.717) is 5.02 Å². The van der Waals surface area contributed by atoms with Crippen LogP contribution in [0.5, 0.6) is 5.75 Å². The highest BCUT2D eigenvalue weighted by Gasteiger charge is 2.13. The molecule has 2 aromatic carbocycles. The molecule has 4 heteroatoms. The van der Waals surface area contributed by atoms with Crippen molar-refractivity contribution in [2.75, 3.05) is 0 Å². The molecule has 3 aromatic rings. The molecular formula is C18H17ClN2O. The largest absolute Gasteiger partial charge is 0.486 e. The van der Waals surface area contributed by atoms with Gasteiger partial charge in [-0.2, -0.15) is 0 Å². The Morgan fingerprint density at radius 1 is 1.05 bits per heavy atom. The summed E-state index contributed by atoms with van der Waals surface area (Å²) in [7, 11) is 0. The van der Waals surface area contributed by atoms with Crippen LogP contribution in [0.25, 0.3) is 0 Å². The average molecular weight is 313 g/mol. The molecule has 0 aliphatic rings. The minimum Gasteiger partial charge on any atom is -0.486 e. The standard InChI is InChI=1S/C18H17ClN2O/c19-16-6-8-17(9-7-16)22-18(15-4-2-1-3-5-15)10-12-21-13-11-20-14-21/h1-9,11,13-14,18H,10,12H2. The van der Waals surface area contributed by atoms with Crippen LogP contribution in [0.3, 0.4) is 0 Å². The first-order valence-corrected chi connectivity index (χ1v) is 7.62. The van der Waals surface area contributed by atoms with Crippen LogP contribution in [0.15, 0.2) is 73.3 Å². The molecule has 0 aliphatic carbocycles. The molecule has 1 atom stereocenters. The van der Waals surface area contributed by atoms with Crippen molar-refractivity contribution < 1.29 is 4.74 Å². The van der Waals surface area contributed by atoms with E-state index in [2.05, 4.69) is 21.7 Å². The van der Waals surface area contributed by atoms with Crippen molar-refractivity contribution in [3.05, 3.63) is 83.9 Å². The van der Waals surface area contributed by atoms with Gasteiger partial charge in [0.15, 0.2) is 0 Å². The topological polar surface area (TPSA) is 27.1 Å². The fraction of sp³-hybridized carbons (Fsp3) is 0.167. The second-order valence-electron chi connectivity index (χ2n) is 5.06. The Morgan fingerprint density at radius 3 is 2.50 bits per heavy atom. The molecule has 1 aromatic heterocycles. The van der Waals surface area contributed by atoms with Gasteiger partial charge in [-0.1, -0.05) is 41.9 Å². The normalized spacial score (nSPS) is 12.0. The SMILES string of the molecule is Clc1ccc(OC(CCn2ccnc2)c2ccccc2)cc1. The monoisotopic (exact) mass is 312 g/mol. The van der Waals surface area contributed by atoms with Crippen molar-refractivity contribution >= 4 is 11.6 Å². The molecule has 1 unspecified atom stereocenters. The number of aromatic nitrogens is 2. The molecule has 0 bridgehead atoms. The number of hydrogen-bond acceptors (Lipinski definition) is 2. The number of rotatable bonds is 6. The second-order valence-corrected chi connectivity index (χ2v) is 5.50. The Labute approximate surface area is 135 Å². The van der Waals surface area contributed by atoms with E-state index in [1.54, 1.807) is 6.20 Å². The average Bonchev–Trinajstić information content (AvgIpc) is 3.07. The van der Waals surface area contributed by atoms with E-state index in [1.165, 1.54) is 0 Å². The van der Waals surface area contributed by atoms with Gasteiger partial charge in [0.1, 0.15) is 11.9 Å². The van der Waals surface area contributed by atoms with E-state index in [-0.39, 0.29) is 6.10 Å². The summed E-state index contributed by atoms with van der Waals surface area (Å²) >= 11 is 5.93. The molecule has 0 spiro atoms. The Kier molecular flexibility index (Phi) is 4.76. The van der Waals surface area contributed by atoms with E-state index >= 15 is 0 Å². The van der Waals surface area contributed by atoms with Crippen LogP contribution in [0.1, 0.15) is 18.1 Å². The molecule has 0 N–H and O–H groups in total. The number of halogens is 1. The maximum Gasteiger partial charge on any atom is 0.125 e. The lowest BCUT2D eigenvalue weighted by atomic mass is 10.1. The van der Waals surface area contributed by atoms with E-state index < -0.39 is 0 Å². The first kappa shape index (κ1) is 14.7. The van der Waals surface area contributed by atoms with Crippen molar-refractivity contribution in [3.8, 4) is 5.75 Å². The van der Waals surface area contributed by atoms with Gasteiger partial charge in [-0.05, 0) is 29.8 Å². The third kappa shape index (κ3) is 3.89. The van der Waals surface area contributed by atoms with E-state index in [1.807, 2.05) is 55.0 Å². The molecule has 0 saturated heterocycles. The number of imidazole rings is 1. The summed E-state index contributed by atoms with van der Waals surface area (Å²) in [6, 6.07) is 17.7. The van der Waals surface area contributed by atoms with Crippen LogP contribution >= 0.6 is 11.6 Å². The molecule has 22 heavy (non-hydrogen) atoms. The molecule has 0 fully saturated rings. The maximum atomic E-state index is 6.16. The molecule has 1 heterocycles. The van der Waals surface area contributed by atoms with Crippen molar-refractivity contribution in [2.45, 2.75) is 19.1 Å². The number of nitrogens with zero attached hydrogens (tertiary/aromatic N) is 2. The Hall–Kier alpha value is -2.26. The molecule has 3 nitrogen and oxygen atoms in total. The van der Waals surface area contributed by atoms with E-state index in [0.717, 1.165) is 24.3 Å². The minimum absolute atomic E-state index is 0.00947. The predicted molar refractivity (Wildman–Crippen MR) is 88.1 cm³/mol. The van der Waals surface area contributed by atoms with Crippen LogP contribution in [-0.2, 0) is 6.54 Å². The highest BCUT2D eigenvalue weighted by Crippen LogP contribution is 2.26. The smallest absolute Gasteiger partial charge is 0.125 e. The van der Waals surface area contributed by atoms with Crippen LogP contribution in [-0.4, -0.2) is 9.55 Å². The Bertz CT molecular complexity index is 681. The minimum atomic E-state index is -0.00947. The molecule has 0 amide bonds. The summed E-state index contributed by atoms with van der Waals surface area (Å²) in [6.07, 6.45) is 6.43. The first-order valence-electron chi connectivity index (χ1n) is 7.24. The lowest BCUT2D eigenvalue weighted by Gasteiger charge is -2.20. The first-order chi connectivity index (χ1) is 10.8. The van der Waals surface area contributed by atoms with E-state index in [4.69, 9.17) is 16.3 Å².